The molecular weight excluding hydrogens is 226 g/mol. The van der Waals surface area contributed by atoms with Crippen LogP contribution in [-0.4, -0.2) is 27.8 Å². The molecule has 0 bridgehead atoms. The van der Waals surface area contributed by atoms with E-state index in [4.69, 9.17) is 5.11 Å². The van der Waals surface area contributed by atoms with Gasteiger partial charge in [0.2, 0.25) is 0 Å². The fourth-order valence-corrected chi connectivity index (χ4v) is 1.90. The van der Waals surface area contributed by atoms with E-state index in [1.54, 1.807) is 30.7 Å². The SMILES string of the molecule is CS(C)(=O)=Nc1cccc(CCC(=O)O)c1. The van der Waals surface area contributed by atoms with E-state index in [2.05, 4.69) is 4.36 Å². The van der Waals surface area contributed by atoms with Crippen LogP contribution < -0.4 is 0 Å². The minimum Gasteiger partial charge on any atom is -0.481 e. The number of carboxylic acids is 1. The first-order chi connectivity index (χ1) is 7.37. The quantitative estimate of drug-likeness (QED) is 0.877. The van der Waals surface area contributed by atoms with Gasteiger partial charge in [0, 0.05) is 28.7 Å². The van der Waals surface area contributed by atoms with E-state index in [-0.39, 0.29) is 6.42 Å². The normalized spacial score (nSPS) is 11.1. The summed E-state index contributed by atoms with van der Waals surface area (Å²) < 4.78 is 15.5. The van der Waals surface area contributed by atoms with Crippen LogP contribution in [0.25, 0.3) is 0 Å². The van der Waals surface area contributed by atoms with Crippen LogP contribution in [0.4, 0.5) is 5.69 Å². The number of hydrogen-bond acceptors (Lipinski definition) is 3. The van der Waals surface area contributed by atoms with Crippen molar-refractivity contribution in [3.8, 4) is 0 Å². The van der Waals surface area contributed by atoms with Crippen molar-refractivity contribution in [3.05, 3.63) is 29.8 Å². The molecule has 1 rings (SSSR count). The molecule has 1 aromatic carbocycles. The number of carbonyl (C=O) groups is 1. The van der Waals surface area contributed by atoms with Crippen molar-refractivity contribution in [1.29, 1.82) is 0 Å². The Labute approximate surface area is 95.5 Å². The van der Waals surface area contributed by atoms with Gasteiger partial charge >= 0.3 is 5.97 Å². The van der Waals surface area contributed by atoms with Gasteiger partial charge in [0.1, 0.15) is 0 Å². The van der Waals surface area contributed by atoms with Crippen LogP contribution in [0.5, 0.6) is 0 Å². The van der Waals surface area contributed by atoms with Crippen molar-refractivity contribution < 1.29 is 14.1 Å². The summed E-state index contributed by atoms with van der Waals surface area (Å²) >= 11 is 0. The van der Waals surface area contributed by atoms with E-state index in [1.807, 2.05) is 6.07 Å². The fourth-order valence-electron chi connectivity index (χ4n) is 1.27. The Morgan fingerprint density at radius 1 is 1.44 bits per heavy atom. The van der Waals surface area contributed by atoms with Crippen molar-refractivity contribution in [3.63, 3.8) is 0 Å². The summed E-state index contributed by atoms with van der Waals surface area (Å²) in [7, 11) is -2.17. The molecule has 88 valence electrons. The second-order valence-corrected chi connectivity index (χ2v) is 6.38. The summed E-state index contributed by atoms with van der Waals surface area (Å²) in [4.78, 5) is 10.4. The molecule has 0 saturated heterocycles. The lowest BCUT2D eigenvalue weighted by Gasteiger charge is -2.01. The third-order valence-electron chi connectivity index (χ3n) is 1.86. The Balaban J connectivity index is 2.88. The van der Waals surface area contributed by atoms with Crippen molar-refractivity contribution in [2.75, 3.05) is 12.5 Å². The van der Waals surface area contributed by atoms with Gasteiger partial charge in [-0.3, -0.25) is 4.79 Å². The molecule has 0 radical (unpaired) electrons. The van der Waals surface area contributed by atoms with Gasteiger partial charge in [0.25, 0.3) is 0 Å². The summed E-state index contributed by atoms with van der Waals surface area (Å²) in [6, 6.07) is 7.17. The Morgan fingerprint density at radius 2 is 2.12 bits per heavy atom. The topological polar surface area (TPSA) is 66.7 Å². The van der Waals surface area contributed by atoms with E-state index in [0.717, 1.165) is 5.56 Å². The third-order valence-corrected chi connectivity index (χ3v) is 2.51. The second kappa shape index (κ2) is 5.12. The summed E-state index contributed by atoms with van der Waals surface area (Å²) in [5.41, 5.74) is 1.53. The number of carboxylic acid groups (broad SMARTS) is 1. The second-order valence-electron chi connectivity index (χ2n) is 3.84. The first kappa shape index (κ1) is 12.7. The Kier molecular flexibility index (Phi) is 4.06. The summed E-state index contributed by atoms with van der Waals surface area (Å²) in [6.45, 7) is 0. The van der Waals surface area contributed by atoms with Gasteiger partial charge in [-0.2, -0.15) is 4.36 Å². The average molecular weight is 241 g/mol. The Morgan fingerprint density at radius 3 is 2.69 bits per heavy atom. The van der Waals surface area contributed by atoms with E-state index in [0.29, 0.717) is 12.1 Å². The number of aryl methyl sites for hydroxylation is 1. The summed E-state index contributed by atoms with van der Waals surface area (Å²) in [5.74, 6) is -0.822. The van der Waals surface area contributed by atoms with Gasteiger partial charge in [0.05, 0.1) is 5.69 Å². The van der Waals surface area contributed by atoms with Gasteiger partial charge in [-0.25, -0.2) is 4.21 Å². The lowest BCUT2D eigenvalue weighted by molar-refractivity contribution is -0.136. The van der Waals surface area contributed by atoms with Gasteiger partial charge < -0.3 is 5.11 Å². The zero-order valence-electron chi connectivity index (χ0n) is 9.34. The maximum absolute atomic E-state index is 11.5. The van der Waals surface area contributed by atoms with Crippen LogP contribution in [0.3, 0.4) is 0 Å². The minimum absolute atomic E-state index is 0.0943. The van der Waals surface area contributed by atoms with Crippen LogP contribution in [0.2, 0.25) is 0 Å². The zero-order chi connectivity index (χ0) is 12.2. The number of aliphatic carboxylic acids is 1. The van der Waals surface area contributed by atoms with Gasteiger partial charge in [-0.05, 0) is 24.1 Å². The molecule has 0 aromatic heterocycles. The highest BCUT2D eigenvalue weighted by Crippen LogP contribution is 2.16. The number of benzene rings is 1. The monoisotopic (exact) mass is 241 g/mol. The van der Waals surface area contributed by atoms with Crippen molar-refractivity contribution in [1.82, 2.24) is 0 Å². The first-order valence-electron chi connectivity index (χ1n) is 4.85. The third kappa shape index (κ3) is 4.93. The lowest BCUT2D eigenvalue weighted by atomic mass is 10.1. The van der Waals surface area contributed by atoms with E-state index >= 15 is 0 Å². The molecule has 4 nitrogen and oxygen atoms in total. The molecule has 0 aliphatic rings. The van der Waals surface area contributed by atoms with Crippen molar-refractivity contribution in [2.45, 2.75) is 12.8 Å². The van der Waals surface area contributed by atoms with Crippen LogP contribution in [-0.2, 0) is 20.9 Å². The highest BCUT2D eigenvalue weighted by molar-refractivity contribution is 7.92. The van der Waals surface area contributed by atoms with E-state index < -0.39 is 15.7 Å². The molecule has 1 aromatic rings. The zero-order valence-corrected chi connectivity index (χ0v) is 10.2. The van der Waals surface area contributed by atoms with Crippen LogP contribution in [0.1, 0.15) is 12.0 Å². The highest BCUT2D eigenvalue weighted by Gasteiger charge is 2.00. The molecule has 1 N–H and O–H groups in total. The summed E-state index contributed by atoms with van der Waals surface area (Å²) in [6.07, 6.45) is 3.69. The highest BCUT2D eigenvalue weighted by atomic mass is 32.2. The number of nitrogens with zero attached hydrogens (tertiary/aromatic N) is 1. The predicted molar refractivity (Wildman–Crippen MR) is 64.5 cm³/mol. The molecule has 16 heavy (non-hydrogen) atoms. The van der Waals surface area contributed by atoms with Gasteiger partial charge in [0.15, 0.2) is 0 Å². The average Bonchev–Trinajstić information content (AvgIpc) is 2.12. The molecule has 0 amide bonds. The molecule has 0 aliphatic carbocycles. The molecular formula is C11H15NO3S. The largest absolute Gasteiger partial charge is 0.481 e. The molecule has 0 saturated carbocycles. The Bertz CT molecular complexity index is 494. The first-order valence-corrected chi connectivity index (χ1v) is 7.18. The van der Waals surface area contributed by atoms with Crippen LogP contribution in [0.15, 0.2) is 28.6 Å². The molecule has 0 aliphatic heterocycles. The molecule has 0 atom stereocenters. The van der Waals surface area contributed by atoms with E-state index in [1.165, 1.54) is 0 Å². The molecule has 0 unspecified atom stereocenters. The molecule has 0 heterocycles. The van der Waals surface area contributed by atoms with E-state index in [9.17, 15) is 9.00 Å². The minimum atomic E-state index is -2.17. The number of hydrogen-bond donors (Lipinski definition) is 1. The van der Waals surface area contributed by atoms with Crippen molar-refractivity contribution in [2.24, 2.45) is 4.36 Å². The van der Waals surface area contributed by atoms with Crippen molar-refractivity contribution >= 4 is 21.4 Å². The molecule has 5 heteroatoms. The maximum Gasteiger partial charge on any atom is 0.303 e. The maximum atomic E-state index is 11.5. The standard InChI is InChI=1S/C11H15NO3S/c1-16(2,15)12-10-5-3-4-9(8-10)6-7-11(13)14/h3-5,8H,6-7H2,1-2H3,(H,13,14). The fraction of sp³-hybridized carbons (Fsp3) is 0.364. The number of rotatable bonds is 4. The summed E-state index contributed by atoms with van der Waals surface area (Å²) in [5, 5.41) is 8.56. The smallest absolute Gasteiger partial charge is 0.303 e. The lowest BCUT2D eigenvalue weighted by Crippen LogP contribution is -1.97. The molecule has 0 spiro atoms. The van der Waals surface area contributed by atoms with Gasteiger partial charge in [-0.1, -0.05) is 12.1 Å². The van der Waals surface area contributed by atoms with Crippen LogP contribution in [0, 0.1) is 0 Å². The predicted octanol–water partition coefficient (Wildman–Crippen LogP) is 2.06. The molecule has 0 fully saturated rings. The van der Waals surface area contributed by atoms with Gasteiger partial charge in [-0.15, -0.1) is 0 Å². The van der Waals surface area contributed by atoms with Crippen LogP contribution >= 0.6 is 0 Å². The Hall–Kier alpha value is -1.36.